The zero-order chi connectivity index (χ0) is 27.1. The molecule has 0 fully saturated rings. The Morgan fingerprint density at radius 1 is 0.778 bits per heavy atom. The Morgan fingerprint density at radius 3 is 1.75 bits per heavy atom. The van der Waals surface area contributed by atoms with Gasteiger partial charge >= 0.3 is 5.97 Å². The molecule has 11 N–H and O–H groups in total. The summed E-state index contributed by atoms with van der Waals surface area (Å²) in [5.41, 5.74) is 17.3. The molecule has 202 valence electrons. The van der Waals surface area contributed by atoms with Crippen LogP contribution < -0.4 is 33.2 Å². The monoisotopic (exact) mass is 508 g/mol. The van der Waals surface area contributed by atoms with Crippen LogP contribution in [0.15, 0.2) is 24.3 Å². The maximum atomic E-state index is 13.2. The average Bonchev–Trinajstić information content (AvgIpc) is 2.83. The number of nitrogens with one attached hydrogen (secondary N) is 3. The number of rotatable bonds is 17. The van der Waals surface area contributed by atoms with Crippen LogP contribution in [0.1, 0.15) is 51.0 Å². The number of hydrogen-bond donors (Lipinski definition) is 8. The van der Waals surface area contributed by atoms with Gasteiger partial charge < -0.3 is 43.4 Å². The number of phenolic OH excluding ortho intramolecular Hbond substituents is 1. The summed E-state index contributed by atoms with van der Waals surface area (Å²) in [6.07, 6.45) is 2.79. The molecular formula is C24H40N6O6. The van der Waals surface area contributed by atoms with Crippen molar-refractivity contribution in [2.45, 2.75) is 76.0 Å². The summed E-state index contributed by atoms with van der Waals surface area (Å²) < 4.78 is 0. The van der Waals surface area contributed by atoms with Gasteiger partial charge in [-0.05, 0) is 76.2 Å². The smallest absolute Gasteiger partial charge is 0.326 e. The molecule has 1 aromatic carbocycles. The predicted molar refractivity (Wildman–Crippen MR) is 135 cm³/mol. The number of carboxylic acid groups (broad SMARTS) is 1. The average molecular weight is 509 g/mol. The third-order valence-electron chi connectivity index (χ3n) is 5.56. The summed E-state index contributed by atoms with van der Waals surface area (Å²) in [5.74, 6) is -2.94. The number of aromatic hydroxyl groups is 1. The van der Waals surface area contributed by atoms with E-state index < -0.39 is 47.9 Å². The molecule has 3 amide bonds. The largest absolute Gasteiger partial charge is 0.508 e. The van der Waals surface area contributed by atoms with Crippen LogP contribution in [0, 0.1) is 0 Å². The van der Waals surface area contributed by atoms with Gasteiger partial charge in [-0.15, -0.1) is 0 Å². The number of carbonyl (C=O) groups excluding carboxylic acids is 3. The Kier molecular flexibility index (Phi) is 14.1. The van der Waals surface area contributed by atoms with Crippen LogP contribution in [-0.4, -0.2) is 71.2 Å². The maximum Gasteiger partial charge on any atom is 0.326 e. The van der Waals surface area contributed by atoms with Gasteiger partial charge in [-0.1, -0.05) is 12.1 Å². The summed E-state index contributed by atoms with van der Waals surface area (Å²) in [5, 5.41) is 26.8. The molecule has 1 aromatic rings. The van der Waals surface area contributed by atoms with Crippen molar-refractivity contribution in [2.75, 3.05) is 13.1 Å². The number of benzene rings is 1. The van der Waals surface area contributed by atoms with Gasteiger partial charge in [-0.2, -0.15) is 0 Å². The van der Waals surface area contributed by atoms with E-state index >= 15 is 0 Å². The molecule has 0 radical (unpaired) electrons. The third-order valence-corrected chi connectivity index (χ3v) is 5.56. The fourth-order valence-electron chi connectivity index (χ4n) is 3.44. The lowest BCUT2D eigenvalue weighted by Gasteiger charge is -2.25. The van der Waals surface area contributed by atoms with E-state index in [1.807, 2.05) is 0 Å². The molecule has 0 aliphatic carbocycles. The lowest BCUT2D eigenvalue weighted by molar-refractivity contribution is -0.142. The van der Waals surface area contributed by atoms with Crippen LogP contribution in [0.3, 0.4) is 0 Å². The summed E-state index contributed by atoms with van der Waals surface area (Å²) in [6.45, 7) is 2.28. The summed E-state index contributed by atoms with van der Waals surface area (Å²) in [6, 6.07) is 2.05. The number of amides is 3. The van der Waals surface area contributed by atoms with E-state index in [0.29, 0.717) is 44.3 Å². The second-order valence-electron chi connectivity index (χ2n) is 8.75. The van der Waals surface area contributed by atoms with Crippen molar-refractivity contribution in [3.8, 4) is 5.75 Å². The number of phenols is 1. The van der Waals surface area contributed by atoms with Crippen molar-refractivity contribution in [2.24, 2.45) is 17.2 Å². The van der Waals surface area contributed by atoms with E-state index in [4.69, 9.17) is 17.2 Å². The minimum atomic E-state index is -1.18. The van der Waals surface area contributed by atoms with Gasteiger partial charge in [0.05, 0.1) is 6.04 Å². The molecule has 0 aromatic heterocycles. The van der Waals surface area contributed by atoms with Gasteiger partial charge in [0.25, 0.3) is 0 Å². The molecule has 0 aliphatic rings. The molecule has 0 aliphatic heterocycles. The highest BCUT2D eigenvalue weighted by Gasteiger charge is 2.29. The van der Waals surface area contributed by atoms with Crippen LogP contribution in [0.2, 0.25) is 0 Å². The first-order valence-electron chi connectivity index (χ1n) is 12.2. The normalized spacial score (nSPS) is 14.2. The summed E-state index contributed by atoms with van der Waals surface area (Å²) in [7, 11) is 0. The van der Waals surface area contributed by atoms with Crippen molar-refractivity contribution < 1.29 is 29.4 Å². The van der Waals surface area contributed by atoms with Gasteiger partial charge in [0.15, 0.2) is 0 Å². The van der Waals surface area contributed by atoms with E-state index in [1.54, 1.807) is 12.1 Å². The quantitative estimate of drug-likeness (QED) is 0.122. The topological polar surface area (TPSA) is 223 Å². The fourth-order valence-corrected chi connectivity index (χ4v) is 3.44. The second kappa shape index (κ2) is 16.5. The number of hydrogen-bond acceptors (Lipinski definition) is 8. The van der Waals surface area contributed by atoms with E-state index in [9.17, 15) is 29.4 Å². The molecular weight excluding hydrogens is 468 g/mol. The fraction of sp³-hybridized carbons (Fsp3) is 0.583. The predicted octanol–water partition coefficient (Wildman–Crippen LogP) is -0.921. The standard InChI is InChI=1S/C24H40N6O6/c1-15(27)21(32)30-20(14-16-8-10-17(31)11-9-16)23(34)28-18(6-2-4-12-25)22(33)29-19(24(35)36)7-3-5-13-26/h8-11,15,18-20,31H,2-7,12-14,25-27H2,1H3,(H,28,34)(H,29,33)(H,30,32)(H,35,36). The molecule has 1 rings (SSSR count). The van der Waals surface area contributed by atoms with Gasteiger partial charge in [-0.25, -0.2) is 4.79 Å². The Hall–Kier alpha value is -3.22. The maximum absolute atomic E-state index is 13.2. The van der Waals surface area contributed by atoms with E-state index in [2.05, 4.69) is 16.0 Å². The highest BCUT2D eigenvalue weighted by Crippen LogP contribution is 2.12. The first kappa shape index (κ1) is 30.8. The number of carbonyl (C=O) groups is 4. The highest BCUT2D eigenvalue weighted by molar-refractivity contribution is 5.94. The lowest BCUT2D eigenvalue weighted by atomic mass is 10.0. The molecule has 12 nitrogen and oxygen atoms in total. The zero-order valence-electron chi connectivity index (χ0n) is 20.7. The van der Waals surface area contributed by atoms with Gasteiger partial charge in [0, 0.05) is 6.42 Å². The Bertz CT molecular complexity index is 848. The minimum absolute atomic E-state index is 0.0513. The Labute approximate surface area is 211 Å². The SMILES string of the molecule is CC(N)C(=O)NC(Cc1ccc(O)cc1)C(=O)NC(CCCCN)C(=O)NC(CCCCN)C(=O)O. The van der Waals surface area contributed by atoms with E-state index in [0.717, 1.165) is 0 Å². The minimum Gasteiger partial charge on any atom is -0.508 e. The zero-order valence-corrected chi connectivity index (χ0v) is 20.7. The lowest BCUT2D eigenvalue weighted by Crippen LogP contribution is -2.57. The number of unbranched alkanes of at least 4 members (excludes halogenated alkanes) is 2. The molecule has 36 heavy (non-hydrogen) atoms. The van der Waals surface area contributed by atoms with Gasteiger partial charge in [0.2, 0.25) is 17.7 Å². The number of nitrogens with two attached hydrogens (primary N) is 3. The van der Waals surface area contributed by atoms with E-state index in [1.165, 1.54) is 19.1 Å². The highest BCUT2D eigenvalue weighted by atomic mass is 16.4. The van der Waals surface area contributed by atoms with Crippen molar-refractivity contribution in [1.29, 1.82) is 0 Å². The Balaban J connectivity index is 3.04. The third kappa shape index (κ3) is 11.5. The second-order valence-corrected chi connectivity index (χ2v) is 8.75. The molecule has 0 saturated heterocycles. The Morgan fingerprint density at radius 2 is 1.25 bits per heavy atom. The molecule has 4 atom stereocenters. The van der Waals surface area contributed by atoms with Crippen LogP contribution in [0.5, 0.6) is 5.75 Å². The summed E-state index contributed by atoms with van der Waals surface area (Å²) in [4.78, 5) is 50.1. The van der Waals surface area contributed by atoms with Crippen molar-refractivity contribution >= 4 is 23.7 Å². The molecule has 0 bridgehead atoms. The van der Waals surface area contributed by atoms with Gasteiger partial charge in [-0.3, -0.25) is 14.4 Å². The number of carboxylic acids is 1. The molecule has 12 heteroatoms. The molecule has 4 unspecified atom stereocenters. The van der Waals surface area contributed by atoms with Crippen LogP contribution in [-0.2, 0) is 25.6 Å². The van der Waals surface area contributed by atoms with Crippen molar-refractivity contribution in [3.05, 3.63) is 29.8 Å². The van der Waals surface area contributed by atoms with E-state index in [-0.39, 0.29) is 25.0 Å². The van der Waals surface area contributed by atoms with Crippen molar-refractivity contribution in [3.63, 3.8) is 0 Å². The van der Waals surface area contributed by atoms with Gasteiger partial charge in [0.1, 0.15) is 23.9 Å². The summed E-state index contributed by atoms with van der Waals surface area (Å²) >= 11 is 0. The van der Waals surface area contributed by atoms with Crippen LogP contribution in [0.25, 0.3) is 0 Å². The van der Waals surface area contributed by atoms with Crippen molar-refractivity contribution in [1.82, 2.24) is 16.0 Å². The number of aliphatic carboxylic acids is 1. The first-order valence-corrected chi connectivity index (χ1v) is 12.2. The first-order chi connectivity index (χ1) is 17.1. The molecule has 0 heterocycles. The van der Waals surface area contributed by atoms with Crippen LogP contribution in [0.4, 0.5) is 0 Å². The molecule has 0 spiro atoms. The van der Waals surface area contributed by atoms with Crippen LogP contribution >= 0.6 is 0 Å². The molecule has 0 saturated carbocycles.